The summed E-state index contributed by atoms with van der Waals surface area (Å²) in [4.78, 5) is 0.286. The van der Waals surface area contributed by atoms with Gasteiger partial charge in [0, 0.05) is 25.3 Å². The average Bonchev–Trinajstić information content (AvgIpc) is 2.98. The van der Waals surface area contributed by atoms with Gasteiger partial charge in [0.05, 0.1) is 17.1 Å². The van der Waals surface area contributed by atoms with Gasteiger partial charge in [0.25, 0.3) is 0 Å². The van der Waals surface area contributed by atoms with E-state index in [2.05, 4.69) is 29.0 Å². The highest BCUT2D eigenvalue weighted by Crippen LogP contribution is 2.10. The molecule has 23 heavy (non-hydrogen) atoms. The number of nitrogens with one attached hydrogen (secondary N) is 2. The Morgan fingerprint density at radius 1 is 1.17 bits per heavy atom. The Bertz CT molecular complexity index is 713. The minimum Gasteiger partial charge on any atom is -0.311 e. The zero-order chi connectivity index (χ0) is 16.9. The van der Waals surface area contributed by atoms with E-state index < -0.39 is 10.0 Å². The van der Waals surface area contributed by atoms with Gasteiger partial charge in [-0.3, -0.25) is 4.68 Å². The van der Waals surface area contributed by atoms with Crippen molar-refractivity contribution in [3.63, 3.8) is 0 Å². The molecular formula is C16H24N4O2S. The predicted molar refractivity (Wildman–Crippen MR) is 90.8 cm³/mol. The fourth-order valence-electron chi connectivity index (χ4n) is 2.22. The Hall–Kier alpha value is -1.70. The van der Waals surface area contributed by atoms with E-state index >= 15 is 0 Å². The van der Waals surface area contributed by atoms with Crippen LogP contribution in [0.4, 0.5) is 0 Å². The Morgan fingerprint density at radius 3 is 2.48 bits per heavy atom. The van der Waals surface area contributed by atoms with Gasteiger partial charge in [-0.15, -0.1) is 0 Å². The third kappa shape index (κ3) is 4.89. The lowest BCUT2D eigenvalue weighted by Crippen LogP contribution is -2.39. The second-order valence-electron chi connectivity index (χ2n) is 5.69. The van der Waals surface area contributed by atoms with Gasteiger partial charge in [-0.2, -0.15) is 5.10 Å². The van der Waals surface area contributed by atoms with E-state index in [0.29, 0.717) is 13.1 Å². The van der Waals surface area contributed by atoms with Crippen LogP contribution in [0.1, 0.15) is 25.5 Å². The molecule has 7 heteroatoms. The first-order valence-electron chi connectivity index (χ1n) is 7.69. The Morgan fingerprint density at radius 2 is 1.87 bits per heavy atom. The van der Waals surface area contributed by atoms with E-state index in [0.717, 1.165) is 5.56 Å². The van der Waals surface area contributed by atoms with Crippen LogP contribution in [0.15, 0.2) is 47.6 Å². The summed E-state index contributed by atoms with van der Waals surface area (Å²) in [7, 11) is -3.43. The summed E-state index contributed by atoms with van der Waals surface area (Å²) in [5.41, 5.74) is 1.12. The van der Waals surface area contributed by atoms with E-state index in [-0.39, 0.29) is 17.0 Å². The van der Waals surface area contributed by atoms with Gasteiger partial charge < -0.3 is 5.32 Å². The summed E-state index contributed by atoms with van der Waals surface area (Å²) < 4.78 is 28.7. The lowest BCUT2D eigenvalue weighted by Gasteiger charge is -2.22. The zero-order valence-electron chi connectivity index (χ0n) is 13.7. The first-order valence-corrected chi connectivity index (χ1v) is 9.17. The van der Waals surface area contributed by atoms with Gasteiger partial charge in [-0.05, 0) is 38.5 Å². The number of nitrogens with zero attached hydrogens (tertiary/aromatic N) is 2. The molecule has 2 N–H and O–H groups in total. The van der Waals surface area contributed by atoms with Gasteiger partial charge in [-0.1, -0.05) is 18.2 Å². The maximum atomic E-state index is 12.1. The standard InChI is InChI=1S/C16H24N4O2S/c1-13-11-18-20(12-13)15(3)14(2)17-9-10-19-23(21,22)16-7-5-4-6-8-16/h4-8,11-12,14-15,17,19H,9-10H2,1-3H3/t14-,15-/m1/s1. The molecule has 2 rings (SSSR count). The zero-order valence-corrected chi connectivity index (χ0v) is 14.5. The Kier molecular flexibility index (Phi) is 5.92. The highest BCUT2D eigenvalue weighted by atomic mass is 32.2. The molecule has 0 amide bonds. The van der Waals surface area contributed by atoms with Gasteiger partial charge in [-0.25, -0.2) is 13.1 Å². The molecule has 0 saturated heterocycles. The number of benzene rings is 1. The number of sulfonamides is 1. The van der Waals surface area contributed by atoms with Crippen molar-refractivity contribution in [2.24, 2.45) is 0 Å². The minimum absolute atomic E-state index is 0.176. The summed E-state index contributed by atoms with van der Waals surface area (Å²) in [6.45, 7) is 7.04. The summed E-state index contributed by atoms with van der Waals surface area (Å²) >= 11 is 0. The monoisotopic (exact) mass is 336 g/mol. The molecule has 0 aliphatic rings. The van der Waals surface area contributed by atoms with Crippen LogP contribution in [0.25, 0.3) is 0 Å². The van der Waals surface area contributed by atoms with Crippen LogP contribution in [-0.2, 0) is 10.0 Å². The molecule has 0 unspecified atom stereocenters. The Balaban J connectivity index is 1.79. The SMILES string of the molecule is Cc1cnn([C@H](C)[C@@H](C)NCCNS(=O)(=O)c2ccccc2)c1. The molecule has 0 saturated carbocycles. The molecule has 1 aromatic heterocycles. The predicted octanol–water partition coefficient (Wildman–Crippen LogP) is 1.71. The summed E-state index contributed by atoms with van der Waals surface area (Å²) in [5.74, 6) is 0. The number of aryl methyl sites for hydroxylation is 1. The number of hydrogen-bond acceptors (Lipinski definition) is 4. The van der Waals surface area contributed by atoms with E-state index in [1.807, 2.05) is 24.0 Å². The van der Waals surface area contributed by atoms with Crippen molar-refractivity contribution in [1.29, 1.82) is 0 Å². The van der Waals surface area contributed by atoms with E-state index in [9.17, 15) is 8.42 Å². The molecule has 0 spiro atoms. The van der Waals surface area contributed by atoms with Gasteiger partial charge >= 0.3 is 0 Å². The third-order valence-electron chi connectivity index (χ3n) is 3.81. The van der Waals surface area contributed by atoms with Gasteiger partial charge in [0.1, 0.15) is 0 Å². The number of rotatable bonds is 8. The van der Waals surface area contributed by atoms with Crippen molar-refractivity contribution < 1.29 is 8.42 Å². The molecule has 1 heterocycles. The Labute approximate surface area is 138 Å². The number of hydrogen-bond donors (Lipinski definition) is 2. The van der Waals surface area contributed by atoms with E-state index in [4.69, 9.17) is 0 Å². The van der Waals surface area contributed by atoms with Crippen molar-refractivity contribution in [2.75, 3.05) is 13.1 Å². The largest absolute Gasteiger partial charge is 0.311 e. The first kappa shape index (κ1) is 17.7. The van der Waals surface area contributed by atoms with Crippen LogP contribution >= 0.6 is 0 Å². The average molecular weight is 336 g/mol. The molecule has 6 nitrogen and oxygen atoms in total. The van der Waals surface area contributed by atoms with Crippen LogP contribution in [0.2, 0.25) is 0 Å². The highest BCUT2D eigenvalue weighted by Gasteiger charge is 2.15. The van der Waals surface area contributed by atoms with Crippen molar-refractivity contribution in [1.82, 2.24) is 19.8 Å². The molecule has 0 aliphatic carbocycles. The van der Waals surface area contributed by atoms with Crippen LogP contribution < -0.4 is 10.0 Å². The third-order valence-corrected chi connectivity index (χ3v) is 5.29. The van der Waals surface area contributed by atoms with Crippen LogP contribution in [0.5, 0.6) is 0 Å². The molecule has 2 atom stereocenters. The molecule has 0 bridgehead atoms. The maximum absolute atomic E-state index is 12.1. The fraction of sp³-hybridized carbons (Fsp3) is 0.438. The lowest BCUT2D eigenvalue weighted by molar-refractivity contribution is 0.368. The minimum atomic E-state index is -3.43. The smallest absolute Gasteiger partial charge is 0.240 e. The van der Waals surface area contributed by atoms with Crippen molar-refractivity contribution in [3.05, 3.63) is 48.3 Å². The summed E-state index contributed by atoms with van der Waals surface area (Å²) in [6, 6.07) is 8.75. The van der Waals surface area contributed by atoms with Crippen LogP contribution in [0.3, 0.4) is 0 Å². The molecule has 126 valence electrons. The molecule has 1 aromatic carbocycles. The summed E-state index contributed by atoms with van der Waals surface area (Å²) in [5, 5.41) is 7.64. The molecule has 0 aliphatic heterocycles. The highest BCUT2D eigenvalue weighted by molar-refractivity contribution is 7.89. The van der Waals surface area contributed by atoms with Gasteiger partial charge in [0.15, 0.2) is 0 Å². The van der Waals surface area contributed by atoms with E-state index in [1.165, 1.54) is 0 Å². The second kappa shape index (κ2) is 7.72. The fourth-order valence-corrected chi connectivity index (χ4v) is 3.28. The topological polar surface area (TPSA) is 76.0 Å². The van der Waals surface area contributed by atoms with Crippen LogP contribution in [0, 0.1) is 6.92 Å². The van der Waals surface area contributed by atoms with Gasteiger partial charge in [0.2, 0.25) is 10.0 Å². The van der Waals surface area contributed by atoms with Crippen molar-refractivity contribution in [3.8, 4) is 0 Å². The number of aromatic nitrogens is 2. The maximum Gasteiger partial charge on any atom is 0.240 e. The molecular weight excluding hydrogens is 312 g/mol. The van der Waals surface area contributed by atoms with Crippen molar-refractivity contribution in [2.45, 2.75) is 37.8 Å². The second-order valence-corrected chi connectivity index (χ2v) is 7.46. The van der Waals surface area contributed by atoms with Crippen molar-refractivity contribution >= 4 is 10.0 Å². The van der Waals surface area contributed by atoms with Crippen LogP contribution in [-0.4, -0.2) is 37.3 Å². The molecule has 0 radical (unpaired) electrons. The quantitative estimate of drug-likeness (QED) is 0.720. The summed E-state index contributed by atoms with van der Waals surface area (Å²) in [6.07, 6.45) is 3.83. The lowest BCUT2D eigenvalue weighted by atomic mass is 10.2. The van der Waals surface area contributed by atoms with E-state index in [1.54, 1.807) is 30.3 Å². The normalized spacial score (nSPS) is 14.6. The molecule has 0 fully saturated rings. The first-order chi connectivity index (χ1) is 10.9. The molecule has 2 aromatic rings.